The Kier molecular flexibility index (Phi) is 10.3. The van der Waals surface area contributed by atoms with Gasteiger partial charge in [-0.1, -0.05) is 79.4 Å². The van der Waals surface area contributed by atoms with Crippen LogP contribution in [0, 0.1) is 0 Å². The van der Waals surface area contributed by atoms with Gasteiger partial charge in [-0.15, -0.1) is 0 Å². The highest BCUT2D eigenvalue weighted by atomic mass is 35.5. The van der Waals surface area contributed by atoms with Gasteiger partial charge >= 0.3 is 0 Å². The molecule has 1 aliphatic carbocycles. The molecule has 8 nitrogen and oxygen atoms in total. The number of halogens is 1. The van der Waals surface area contributed by atoms with Gasteiger partial charge in [0.05, 0.1) is 22.7 Å². The maximum atomic E-state index is 14.0. The summed E-state index contributed by atoms with van der Waals surface area (Å²) in [4.78, 5) is 28.9. The van der Waals surface area contributed by atoms with E-state index >= 15 is 0 Å². The van der Waals surface area contributed by atoms with Gasteiger partial charge in [0.25, 0.3) is 10.0 Å². The van der Waals surface area contributed by atoms with Gasteiger partial charge < -0.3 is 15.0 Å². The summed E-state index contributed by atoms with van der Waals surface area (Å²) in [7, 11) is -2.71. The summed E-state index contributed by atoms with van der Waals surface area (Å²) in [6.45, 7) is 1.29. The van der Waals surface area contributed by atoms with Crippen LogP contribution < -0.4 is 14.4 Å². The molecule has 3 aromatic rings. The number of benzene rings is 3. The number of methoxy groups -OCH3 is 1. The number of nitrogens with one attached hydrogen (secondary N) is 1. The van der Waals surface area contributed by atoms with Gasteiger partial charge in [0.2, 0.25) is 11.8 Å². The van der Waals surface area contributed by atoms with E-state index < -0.39 is 28.5 Å². The van der Waals surface area contributed by atoms with Gasteiger partial charge in [-0.05, 0) is 55.7 Å². The molecule has 2 amide bonds. The van der Waals surface area contributed by atoms with Crippen LogP contribution in [0.1, 0.15) is 44.6 Å². The SMILES string of the molecule is COc1ccc(N(CC(=O)N(Cc2ccccc2)C(C)C(=O)NC2CCCCC2)S(=O)(=O)c2ccccc2)cc1Cl. The zero-order valence-electron chi connectivity index (χ0n) is 23.3. The minimum Gasteiger partial charge on any atom is -0.495 e. The number of nitrogens with zero attached hydrogens (tertiary/aromatic N) is 2. The van der Waals surface area contributed by atoms with Crippen LogP contribution in [0.15, 0.2) is 83.8 Å². The minimum atomic E-state index is -4.17. The Morgan fingerprint density at radius 1 is 0.976 bits per heavy atom. The molecule has 41 heavy (non-hydrogen) atoms. The predicted molar refractivity (Wildman–Crippen MR) is 160 cm³/mol. The zero-order chi connectivity index (χ0) is 29.4. The molecule has 0 saturated heterocycles. The van der Waals surface area contributed by atoms with Crippen molar-refractivity contribution < 1.29 is 22.7 Å². The molecule has 1 atom stereocenters. The minimum absolute atomic E-state index is 0.0254. The van der Waals surface area contributed by atoms with Crippen molar-refractivity contribution in [3.8, 4) is 5.75 Å². The Morgan fingerprint density at radius 2 is 1.61 bits per heavy atom. The van der Waals surface area contributed by atoms with Gasteiger partial charge in [0.15, 0.2) is 0 Å². The standard InChI is InChI=1S/C31H36ClN3O5S/c1-23(31(37)33-25-14-8-4-9-15-25)34(21-24-12-6-3-7-13-24)30(36)22-35(26-18-19-29(40-2)28(32)20-26)41(38,39)27-16-10-5-11-17-27/h3,5-7,10-13,16-20,23,25H,4,8-9,14-15,21-22H2,1-2H3,(H,33,37). The molecule has 0 heterocycles. The van der Waals surface area contributed by atoms with Crippen LogP contribution >= 0.6 is 11.6 Å². The molecule has 1 unspecified atom stereocenters. The van der Waals surface area contributed by atoms with E-state index in [4.69, 9.17) is 16.3 Å². The van der Waals surface area contributed by atoms with E-state index in [1.54, 1.807) is 37.3 Å². The highest BCUT2D eigenvalue weighted by Crippen LogP contribution is 2.32. The fourth-order valence-electron chi connectivity index (χ4n) is 4.99. The third kappa shape index (κ3) is 7.59. The van der Waals surface area contributed by atoms with Crippen LogP contribution in [-0.2, 0) is 26.2 Å². The summed E-state index contributed by atoms with van der Waals surface area (Å²) < 4.78 is 34.0. The second-order valence-corrected chi connectivity index (χ2v) is 12.4. The molecule has 0 aromatic heterocycles. The van der Waals surface area contributed by atoms with E-state index in [9.17, 15) is 18.0 Å². The lowest BCUT2D eigenvalue weighted by Crippen LogP contribution is -2.53. The number of anilines is 1. The van der Waals surface area contributed by atoms with E-state index in [2.05, 4.69) is 5.32 Å². The van der Waals surface area contributed by atoms with Gasteiger partial charge in [-0.25, -0.2) is 8.42 Å². The number of ether oxygens (including phenoxy) is 1. The van der Waals surface area contributed by atoms with Crippen LogP contribution in [0.5, 0.6) is 5.75 Å². The first kappa shape index (κ1) is 30.4. The number of carbonyl (C=O) groups is 2. The fraction of sp³-hybridized carbons (Fsp3) is 0.355. The van der Waals surface area contributed by atoms with Crippen molar-refractivity contribution in [2.24, 2.45) is 0 Å². The average molecular weight is 598 g/mol. The monoisotopic (exact) mass is 597 g/mol. The molecule has 0 bridgehead atoms. The smallest absolute Gasteiger partial charge is 0.264 e. The second kappa shape index (κ2) is 13.9. The molecule has 1 aliphatic rings. The van der Waals surface area contributed by atoms with Crippen LogP contribution in [0.2, 0.25) is 5.02 Å². The fourth-order valence-corrected chi connectivity index (χ4v) is 6.67. The average Bonchev–Trinajstić information content (AvgIpc) is 2.99. The van der Waals surface area contributed by atoms with Gasteiger partial charge in [-0.2, -0.15) is 0 Å². The third-order valence-corrected chi connectivity index (χ3v) is 9.43. The summed E-state index contributed by atoms with van der Waals surface area (Å²) in [5.41, 5.74) is 1.02. The number of hydrogen-bond acceptors (Lipinski definition) is 5. The quantitative estimate of drug-likeness (QED) is 0.319. The molecular formula is C31H36ClN3O5S. The number of carbonyl (C=O) groups excluding carboxylic acids is 2. The molecule has 1 N–H and O–H groups in total. The van der Waals surface area contributed by atoms with Gasteiger partial charge in [0.1, 0.15) is 18.3 Å². The number of sulfonamides is 1. The maximum Gasteiger partial charge on any atom is 0.264 e. The molecule has 0 spiro atoms. The highest BCUT2D eigenvalue weighted by molar-refractivity contribution is 7.92. The highest BCUT2D eigenvalue weighted by Gasteiger charge is 2.33. The Balaban J connectivity index is 1.68. The first-order valence-corrected chi connectivity index (χ1v) is 15.6. The number of amides is 2. The summed E-state index contributed by atoms with van der Waals surface area (Å²) in [6, 6.07) is 21.0. The van der Waals surface area contributed by atoms with Crippen LogP contribution in [0.4, 0.5) is 5.69 Å². The summed E-state index contributed by atoms with van der Waals surface area (Å²) in [5.74, 6) is -0.407. The van der Waals surface area contributed by atoms with Crippen molar-refractivity contribution in [1.29, 1.82) is 0 Å². The summed E-state index contributed by atoms with van der Waals surface area (Å²) in [6.07, 6.45) is 5.09. The summed E-state index contributed by atoms with van der Waals surface area (Å²) in [5, 5.41) is 3.31. The molecule has 3 aromatic carbocycles. The summed E-state index contributed by atoms with van der Waals surface area (Å²) >= 11 is 6.37. The van der Waals surface area contributed by atoms with Crippen LogP contribution in [0.3, 0.4) is 0 Å². The van der Waals surface area contributed by atoms with Crippen molar-refractivity contribution in [3.05, 3.63) is 89.4 Å². The van der Waals surface area contributed by atoms with E-state index in [1.165, 1.54) is 30.2 Å². The normalized spacial score (nSPS) is 14.6. The van der Waals surface area contributed by atoms with Gasteiger partial charge in [-0.3, -0.25) is 13.9 Å². The largest absolute Gasteiger partial charge is 0.495 e. The first-order chi connectivity index (χ1) is 19.7. The lowest BCUT2D eigenvalue weighted by atomic mass is 9.95. The second-order valence-electron chi connectivity index (χ2n) is 10.2. The van der Waals surface area contributed by atoms with Crippen LogP contribution in [-0.4, -0.2) is 50.9 Å². The van der Waals surface area contributed by atoms with Crippen molar-refractivity contribution in [2.45, 2.75) is 62.6 Å². The molecule has 1 saturated carbocycles. The first-order valence-electron chi connectivity index (χ1n) is 13.8. The Labute approximate surface area is 247 Å². The molecule has 10 heteroatoms. The van der Waals surface area contributed by atoms with E-state index in [-0.39, 0.29) is 34.1 Å². The lowest BCUT2D eigenvalue weighted by Gasteiger charge is -2.33. The zero-order valence-corrected chi connectivity index (χ0v) is 24.9. The Morgan fingerprint density at radius 3 is 2.22 bits per heavy atom. The predicted octanol–water partition coefficient (Wildman–Crippen LogP) is 5.41. The maximum absolute atomic E-state index is 14.0. The molecule has 0 radical (unpaired) electrons. The van der Waals surface area contributed by atoms with E-state index in [1.807, 2.05) is 30.3 Å². The van der Waals surface area contributed by atoms with Gasteiger partial charge in [0, 0.05) is 12.6 Å². The van der Waals surface area contributed by atoms with Crippen molar-refractivity contribution >= 4 is 39.1 Å². The Hall–Kier alpha value is -3.56. The molecule has 0 aliphatic heterocycles. The van der Waals surface area contributed by atoms with E-state index in [0.717, 1.165) is 42.0 Å². The number of rotatable bonds is 11. The lowest BCUT2D eigenvalue weighted by molar-refractivity contribution is -0.139. The molecule has 218 valence electrons. The number of hydrogen-bond donors (Lipinski definition) is 1. The van der Waals surface area contributed by atoms with E-state index in [0.29, 0.717) is 5.75 Å². The molecular weight excluding hydrogens is 562 g/mol. The van der Waals surface area contributed by atoms with Crippen molar-refractivity contribution in [3.63, 3.8) is 0 Å². The van der Waals surface area contributed by atoms with Crippen LogP contribution in [0.25, 0.3) is 0 Å². The topological polar surface area (TPSA) is 96.0 Å². The van der Waals surface area contributed by atoms with Crippen molar-refractivity contribution in [1.82, 2.24) is 10.2 Å². The molecule has 1 fully saturated rings. The molecule has 4 rings (SSSR count). The third-order valence-electron chi connectivity index (χ3n) is 7.35. The Bertz CT molecular complexity index is 1430. The van der Waals surface area contributed by atoms with Crippen molar-refractivity contribution in [2.75, 3.05) is 18.0 Å².